The Hall–Kier alpha value is -4.11. The van der Waals surface area contributed by atoms with E-state index >= 15 is 0 Å². The number of para-hydroxylation sites is 1. The summed E-state index contributed by atoms with van der Waals surface area (Å²) in [6.45, 7) is 8.91. The quantitative estimate of drug-likeness (QED) is 0.276. The molecule has 6 rings (SSSR count). The Morgan fingerprint density at radius 2 is 1.32 bits per heavy atom. The summed E-state index contributed by atoms with van der Waals surface area (Å²) in [5, 5.41) is 2.32. The smallest absolute Gasteiger partial charge is 0.144 e. The van der Waals surface area contributed by atoms with Crippen molar-refractivity contribution in [3.05, 3.63) is 107 Å². The van der Waals surface area contributed by atoms with Crippen LogP contribution in [0.5, 0.6) is 0 Å². The van der Waals surface area contributed by atoms with Crippen molar-refractivity contribution in [1.82, 2.24) is 9.55 Å². The van der Waals surface area contributed by atoms with Gasteiger partial charge in [0.1, 0.15) is 17.0 Å². The first kappa shape index (κ1) is 20.5. The number of benzene rings is 4. The molecule has 166 valence electrons. The average molecular weight is 443 g/mol. The molecule has 0 amide bonds. The molecule has 0 bridgehead atoms. The topological polar surface area (TPSA) is 31.0 Å². The minimum atomic E-state index is 0.927. The van der Waals surface area contributed by atoms with Crippen molar-refractivity contribution in [2.75, 3.05) is 0 Å². The van der Waals surface area contributed by atoms with Gasteiger partial charge in [-0.25, -0.2) is 4.98 Å². The lowest BCUT2D eigenvalue weighted by molar-refractivity contribution is 0.669. The van der Waals surface area contributed by atoms with Crippen LogP contribution in [-0.2, 0) is 0 Å². The van der Waals surface area contributed by atoms with Crippen LogP contribution in [0.4, 0.5) is 0 Å². The van der Waals surface area contributed by atoms with E-state index in [-0.39, 0.29) is 0 Å². The van der Waals surface area contributed by atoms with E-state index in [0.717, 1.165) is 33.3 Å². The maximum absolute atomic E-state index is 6.06. The molecule has 3 heteroatoms. The number of furan rings is 1. The Labute approximate surface area is 199 Å². The average Bonchev–Trinajstić information content (AvgIpc) is 3.48. The molecule has 0 saturated heterocycles. The third-order valence-electron chi connectivity index (χ3n) is 7.16. The van der Waals surface area contributed by atoms with Crippen molar-refractivity contribution in [1.29, 1.82) is 0 Å². The van der Waals surface area contributed by atoms with Crippen LogP contribution in [0.25, 0.3) is 50.1 Å². The lowest BCUT2D eigenvalue weighted by atomic mass is 9.87. The number of imidazole rings is 1. The third kappa shape index (κ3) is 3.01. The first-order valence-electron chi connectivity index (χ1n) is 11.7. The molecule has 6 aromatic rings. The van der Waals surface area contributed by atoms with Gasteiger partial charge in [0, 0.05) is 28.7 Å². The third-order valence-corrected chi connectivity index (χ3v) is 7.16. The van der Waals surface area contributed by atoms with Crippen molar-refractivity contribution in [3.63, 3.8) is 0 Å². The Morgan fingerprint density at radius 1 is 0.647 bits per heavy atom. The molecule has 0 aliphatic rings. The van der Waals surface area contributed by atoms with Crippen molar-refractivity contribution in [3.8, 4) is 28.2 Å². The van der Waals surface area contributed by atoms with E-state index in [9.17, 15) is 0 Å². The maximum Gasteiger partial charge on any atom is 0.144 e. The van der Waals surface area contributed by atoms with Gasteiger partial charge in [-0.15, -0.1) is 0 Å². The van der Waals surface area contributed by atoms with Gasteiger partial charge in [-0.1, -0.05) is 54.6 Å². The molecule has 0 radical (unpaired) electrons. The Morgan fingerprint density at radius 3 is 2.09 bits per heavy atom. The number of aromatic nitrogens is 2. The molecule has 3 nitrogen and oxygen atoms in total. The van der Waals surface area contributed by atoms with Gasteiger partial charge >= 0.3 is 0 Å². The van der Waals surface area contributed by atoms with Gasteiger partial charge in [-0.05, 0) is 79.3 Å². The molecular weight excluding hydrogens is 416 g/mol. The highest BCUT2D eigenvalue weighted by Gasteiger charge is 2.20. The summed E-state index contributed by atoms with van der Waals surface area (Å²) in [7, 11) is 0. The molecule has 0 aliphatic heterocycles. The zero-order chi connectivity index (χ0) is 23.4. The number of hydrogen-bond donors (Lipinski definition) is 0. The van der Waals surface area contributed by atoms with Crippen LogP contribution in [0.2, 0.25) is 0 Å². The van der Waals surface area contributed by atoms with Crippen LogP contribution in [0.15, 0.2) is 89.6 Å². The van der Waals surface area contributed by atoms with Crippen LogP contribution in [0, 0.1) is 27.7 Å². The van der Waals surface area contributed by atoms with Crippen LogP contribution in [-0.4, -0.2) is 9.55 Å². The highest BCUT2D eigenvalue weighted by Crippen LogP contribution is 2.39. The molecule has 0 spiro atoms. The van der Waals surface area contributed by atoms with Crippen molar-refractivity contribution >= 4 is 21.9 Å². The van der Waals surface area contributed by atoms with Crippen LogP contribution in [0.1, 0.15) is 22.3 Å². The summed E-state index contributed by atoms with van der Waals surface area (Å²) in [5.74, 6) is 0.963. The lowest BCUT2D eigenvalue weighted by Gasteiger charge is -2.22. The van der Waals surface area contributed by atoms with Gasteiger partial charge in [0.15, 0.2) is 0 Å². The van der Waals surface area contributed by atoms with Crippen molar-refractivity contribution in [2.24, 2.45) is 0 Å². The summed E-state index contributed by atoms with van der Waals surface area (Å²) in [6, 6.07) is 25.2. The SMILES string of the molecule is Cc1c(C)c(-n2ccnc2-c2ccccc2)c(C)c(C)c1-c1ccc2oc3ccccc3c2c1. The fraction of sp³-hybridized carbons (Fsp3) is 0.129. The first-order chi connectivity index (χ1) is 16.5. The lowest BCUT2D eigenvalue weighted by Crippen LogP contribution is -2.07. The number of hydrogen-bond acceptors (Lipinski definition) is 2. The molecule has 0 fully saturated rings. The van der Waals surface area contributed by atoms with E-state index < -0.39 is 0 Å². The zero-order valence-corrected chi connectivity index (χ0v) is 19.9. The second-order valence-corrected chi connectivity index (χ2v) is 9.02. The second kappa shape index (κ2) is 7.74. The molecule has 0 atom stereocenters. The fourth-order valence-corrected chi connectivity index (χ4v) is 5.25. The van der Waals surface area contributed by atoms with E-state index in [1.54, 1.807) is 0 Å². The molecule has 0 unspecified atom stereocenters. The fourth-order valence-electron chi connectivity index (χ4n) is 5.25. The van der Waals surface area contributed by atoms with E-state index in [0.29, 0.717) is 0 Å². The van der Waals surface area contributed by atoms with E-state index in [1.807, 2.05) is 24.4 Å². The molecule has 0 saturated carbocycles. The highest BCUT2D eigenvalue weighted by molar-refractivity contribution is 6.06. The van der Waals surface area contributed by atoms with Gasteiger partial charge in [0.2, 0.25) is 0 Å². The van der Waals surface area contributed by atoms with Crippen molar-refractivity contribution in [2.45, 2.75) is 27.7 Å². The number of rotatable bonds is 3. The Kier molecular flexibility index (Phi) is 4.66. The van der Waals surface area contributed by atoms with Crippen molar-refractivity contribution < 1.29 is 4.42 Å². The summed E-state index contributed by atoms with van der Waals surface area (Å²) in [6.07, 6.45) is 3.96. The molecule has 0 N–H and O–H groups in total. The van der Waals surface area contributed by atoms with E-state index in [2.05, 4.69) is 93.1 Å². The monoisotopic (exact) mass is 442 g/mol. The standard InChI is InChI=1S/C31H26N2O/c1-19-21(3)30(33-17-16-32-31(33)23-10-6-5-7-11-23)22(4)20(2)29(19)24-14-15-28-26(18-24)25-12-8-9-13-27(25)34-28/h5-18H,1-4H3. The molecule has 0 aliphatic carbocycles. The van der Waals surface area contributed by atoms with E-state index in [4.69, 9.17) is 9.40 Å². The summed E-state index contributed by atoms with van der Waals surface area (Å²) >= 11 is 0. The number of nitrogens with zero attached hydrogens (tertiary/aromatic N) is 2. The summed E-state index contributed by atoms with van der Waals surface area (Å²) in [5.41, 5.74) is 11.8. The normalized spacial score (nSPS) is 11.5. The van der Waals surface area contributed by atoms with Gasteiger partial charge in [0.05, 0.1) is 5.69 Å². The molecular formula is C31H26N2O. The first-order valence-corrected chi connectivity index (χ1v) is 11.7. The van der Waals surface area contributed by atoms with Gasteiger partial charge in [-0.2, -0.15) is 0 Å². The molecule has 2 aromatic heterocycles. The molecule has 4 aromatic carbocycles. The Bertz CT molecular complexity index is 1660. The molecule has 2 heterocycles. The van der Waals surface area contributed by atoms with Crippen LogP contribution in [0.3, 0.4) is 0 Å². The predicted molar refractivity (Wildman–Crippen MR) is 141 cm³/mol. The summed E-state index contributed by atoms with van der Waals surface area (Å²) < 4.78 is 8.30. The predicted octanol–water partition coefficient (Wildman–Crippen LogP) is 8.34. The zero-order valence-electron chi connectivity index (χ0n) is 19.9. The van der Waals surface area contributed by atoms with Gasteiger partial charge < -0.3 is 4.42 Å². The number of fused-ring (bicyclic) bond motifs is 3. The summed E-state index contributed by atoms with van der Waals surface area (Å²) in [4.78, 5) is 4.69. The minimum absolute atomic E-state index is 0.927. The van der Waals surface area contributed by atoms with Crippen LogP contribution < -0.4 is 0 Å². The largest absolute Gasteiger partial charge is 0.456 e. The maximum atomic E-state index is 6.06. The molecule has 34 heavy (non-hydrogen) atoms. The minimum Gasteiger partial charge on any atom is -0.456 e. The Balaban J connectivity index is 1.56. The second-order valence-electron chi connectivity index (χ2n) is 9.02. The van der Waals surface area contributed by atoms with Gasteiger partial charge in [0.25, 0.3) is 0 Å². The van der Waals surface area contributed by atoms with Crippen LogP contribution >= 0.6 is 0 Å². The van der Waals surface area contributed by atoms with E-state index in [1.165, 1.54) is 39.1 Å². The highest BCUT2D eigenvalue weighted by atomic mass is 16.3. The van der Waals surface area contributed by atoms with Gasteiger partial charge in [-0.3, -0.25) is 4.57 Å².